The highest BCUT2D eigenvalue weighted by atomic mass is 79.9. The second kappa shape index (κ2) is 6.70. The van der Waals surface area contributed by atoms with Gasteiger partial charge in [-0.1, -0.05) is 23.7 Å². The number of sulfone groups is 1. The van der Waals surface area contributed by atoms with Gasteiger partial charge in [0.05, 0.1) is 22.7 Å². The summed E-state index contributed by atoms with van der Waals surface area (Å²) in [7, 11) is -3.09. The number of rotatable bonds is 3. The van der Waals surface area contributed by atoms with E-state index in [0.29, 0.717) is 27.3 Å². The molecule has 8 heteroatoms. The molecule has 1 aromatic carbocycles. The number of aromatic nitrogens is 1. The Morgan fingerprint density at radius 2 is 1.96 bits per heavy atom. The summed E-state index contributed by atoms with van der Waals surface area (Å²) in [5.74, 6) is -0.264. The van der Waals surface area contributed by atoms with Crippen LogP contribution in [0.4, 0.5) is 0 Å². The molecule has 0 radical (unpaired) electrons. The summed E-state index contributed by atoms with van der Waals surface area (Å²) >= 11 is 9.23. The molecule has 2 heterocycles. The van der Waals surface area contributed by atoms with E-state index in [4.69, 9.17) is 11.6 Å². The van der Waals surface area contributed by atoms with Gasteiger partial charge in [0.1, 0.15) is 4.60 Å². The van der Waals surface area contributed by atoms with Crippen molar-refractivity contribution in [2.24, 2.45) is 0 Å². The fourth-order valence-corrected chi connectivity index (χ4v) is 5.51. The van der Waals surface area contributed by atoms with Crippen molar-refractivity contribution < 1.29 is 13.2 Å². The predicted molar refractivity (Wildman–Crippen MR) is 102 cm³/mol. The maximum absolute atomic E-state index is 12.6. The quantitative estimate of drug-likeness (QED) is 0.737. The molecular weight excluding hydrogens is 428 g/mol. The highest BCUT2D eigenvalue weighted by molar-refractivity contribution is 9.10. The number of hydrogen-bond acceptors (Lipinski definition) is 4. The van der Waals surface area contributed by atoms with Crippen LogP contribution in [0.3, 0.4) is 0 Å². The third-order valence-corrected chi connectivity index (χ3v) is 6.68. The topological polar surface area (TPSA) is 76.1 Å². The van der Waals surface area contributed by atoms with Gasteiger partial charge < -0.3 is 5.32 Å². The fraction of sp³-hybridized carbons (Fsp3) is 0.294. The first-order valence-electron chi connectivity index (χ1n) is 7.62. The molecule has 5 nitrogen and oxygen atoms in total. The van der Waals surface area contributed by atoms with Gasteiger partial charge in [0, 0.05) is 16.1 Å². The maximum Gasteiger partial charge on any atom is 0.251 e. The summed E-state index contributed by atoms with van der Waals surface area (Å²) in [5, 5.41) is 3.47. The van der Waals surface area contributed by atoms with Gasteiger partial charge in [0.25, 0.3) is 5.91 Å². The number of hydrogen-bond donors (Lipinski definition) is 1. The van der Waals surface area contributed by atoms with Crippen molar-refractivity contribution in [3.8, 4) is 11.3 Å². The molecule has 1 atom stereocenters. The van der Waals surface area contributed by atoms with Gasteiger partial charge >= 0.3 is 0 Å². The number of amides is 1. The van der Waals surface area contributed by atoms with Gasteiger partial charge in [-0.15, -0.1) is 0 Å². The highest BCUT2D eigenvalue weighted by Gasteiger charge is 2.39. The minimum atomic E-state index is -3.09. The Kier molecular flexibility index (Phi) is 4.92. The monoisotopic (exact) mass is 442 g/mol. The molecule has 1 unspecified atom stereocenters. The average molecular weight is 444 g/mol. The molecule has 25 heavy (non-hydrogen) atoms. The lowest BCUT2D eigenvalue weighted by Gasteiger charge is -2.24. The predicted octanol–water partition coefficient (Wildman–Crippen LogP) is 3.47. The fourth-order valence-electron chi connectivity index (χ4n) is 2.85. The minimum absolute atomic E-state index is 0.0396. The van der Waals surface area contributed by atoms with Crippen LogP contribution in [0.15, 0.2) is 41.0 Å². The van der Waals surface area contributed by atoms with Crippen LogP contribution in [0.25, 0.3) is 11.3 Å². The molecular formula is C17H16BrClN2O3S. The van der Waals surface area contributed by atoms with Crippen molar-refractivity contribution in [1.29, 1.82) is 0 Å². The number of carbonyl (C=O) groups excluding carboxylic acids is 1. The summed E-state index contributed by atoms with van der Waals surface area (Å²) < 4.78 is 23.9. The second-order valence-electron chi connectivity index (χ2n) is 6.43. The van der Waals surface area contributed by atoms with Gasteiger partial charge in [-0.05, 0) is 53.5 Å². The third kappa shape index (κ3) is 4.40. The van der Waals surface area contributed by atoms with Crippen LogP contribution in [0, 0.1) is 0 Å². The maximum atomic E-state index is 12.6. The Hall–Kier alpha value is -1.44. The van der Waals surface area contributed by atoms with Gasteiger partial charge in [0.15, 0.2) is 9.84 Å². The lowest BCUT2D eigenvalue weighted by Crippen LogP contribution is -2.46. The zero-order chi connectivity index (χ0) is 18.2. The molecule has 2 aromatic rings. The first kappa shape index (κ1) is 18.4. The molecule has 1 saturated heterocycles. The van der Waals surface area contributed by atoms with E-state index in [1.165, 1.54) is 0 Å². The first-order chi connectivity index (χ1) is 11.7. The average Bonchev–Trinajstić information content (AvgIpc) is 2.80. The highest BCUT2D eigenvalue weighted by Crippen LogP contribution is 2.26. The molecule has 1 amide bonds. The molecule has 1 N–H and O–H groups in total. The molecule has 1 fully saturated rings. The van der Waals surface area contributed by atoms with Crippen LogP contribution in [-0.4, -0.2) is 36.4 Å². The van der Waals surface area contributed by atoms with Crippen LogP contribution in [0.2, 0.25) is 5.02 Å². The zero-order valence-electron chi connectivity index (χ0n) is 13.4. The molecule has 132 valence electrons. The lowest BCUT2D eigenvalue weighted by atomic mass is 10.0. The van der Waals surface area contributed by atoms with Crippen LogP contribution in [-0.2, 0) is 9.84 Å². The van der Waals surface area contributed by atoms with Crippen molar-refractivity contribution in [1.82, 2.24) is 10.3 Å². The Bertz CT molecular complexity index is 931. The molecule has 0 aliphatic carbocycles. The minimum Gasteiger partial charge on any atom is -0.346 e. The summed E-state index contributed by atoms with van der Waals surface area (Å²) in [6, 6.07) is 10.4. The smallest absolute Gasteiger partial charge is 0.251 e. The standard InChI is InChI=1S/C17H16BrClN2O3S/c1-17(6-7-25(23,24)10-17)21-16(22)12-8-14(20-15(18)9-12)11-2-4-13(19)5-3-11/h2-5,8-9H,6-7,10H2,1H3,(H,21,22). The van der Waals surface area contributed by atoms with Crippen molar-refractivity contribution in [3.63, 3.8) is 0 Å². The summed E-state index contributed by atoms with van der Waals surface area (Å²) in [4.78, 5) is 17.0. The van der Waals surface area contributed by atoms with E-state index in [0.717, 1.165) is 5.56 Å². The Morgan fingerprint density at radius 1 is 1.28 bits per heavy atom. The van der Waals surface area contributed by atoms with E-state index >= 15 is 0 Å². The number of pyridine rings is 1. The summed E-state index contributed by atoms with van der Waals surface area (Å²) in [6.07, 6.45) is 0.414. The second-order valence-corrected chi connectivity index (χ2v) is 9.86. The van der Waals surface area contributed by atoms with Crippen molar-refractivity contribution in [2.75, 3.05) is 11.5 Å². The number of halogens is 2. The Balaban J connectivity index is 1.87. The molecule has 1 aliphatic rings. The molecule has 0 spiro atoms. The summed E-state index contributed by atoms with van der Waals surface area (Å²) in [5.41, 5.74) is 1.12. The van der Waals surface area contributed by atoms with Gasteiger partial charge in [-0.3, -0.25) is 4.79 Å². The van der Waals surface area contributed by atoms with Gasteiger partial charge in [0.2, 0.25) is 0 Å². The van der Waals surface area contributed by atoms with Gasteiger partial charge in [-0.2, -0.15) is 0 Å². The van der Waals surface area contributed by atoms with Crippen LogP contribution >= 0.6 is 27.5 Å². The Morgan fingerprint density at radius 3 is 2.56 bits per heavy atom. The third-order valence-electron chi connectivity index (χ3n) is 4.11. The number of carbonyl (C=O) groups is 1. The van der Waals surface area contributed by atoms with Crippen LogP contribution in [0.5, 0.6) is 0 Å². The largest absolute Gasteiger partial charge is 0.346 e. The van der Waals surface area contributed by atoms with E-state index in [1.807, 2.05) is 12.1 Å². The van der Waals surface area contributed by atoms with E-state index in [1.54, 1.807) is 31.2 Å². The van der Waals surface area contributed by atoms with E-state index in [2.05, 4.69) is 26.2 Å². The zero-order valence-corrected chi connectivity index (χ0v) is 16.6. The molecule has 0 bridgehead atoms. The number of benzene rings is 1. The molecule has 1 aliphatic heterocycles. The molecule has 1 aromatic heterocycles. The number of nitrogens with zero attached hydrogens (tertiary/aromatic N) is 1. The summed E-state index contributed by atoms with van der Waals surface area (Å²) in [6.45, 7) is 1.76. The van der Waals surface area contributed by atoms with Gasteiger partial charge in [-0.25, -0.2) is 13.4 Å². The van der Waals surface area contributed by atoms with Crippen molar-refractivity contribution >= 4 is 43.3 Å². The van der Waals surface area contributed by atoms with Crippen LogP contribution < -0.4 is 5.32 Å². The van der Waals surface area contributed by atoms with Crippen LogP contribution in [0.1, 0.15) is 23.7 Å². The van der Waals surface area contributed by atoms with E-state index in [-0.39, 0.29) is 17.4 Å². The van der Waals surface area contributed by atoms with E-state index < -0.39 is 15.4 Å². The van der Waals surface area contributed by atoms with E-state index in [9.17, 15) is 13.2 Å². The SMILES string of the molecule is CC1(NC(=O)c2cc(Br)nc(-c3ccc(Cl)cc3)c2)CCS(=O)(=O)C1. The first-order valence-corrected chi connectivity index (χ1v) is 10.6. The molecule has 3 rings (SSSR count). The normalized spacial score (nSPS) is 21.9. The number of nitrogens with one attached hydrogen (secondary N) is 1. The molecule has 0 saturated carbocycles. The van der Waals surface area contributed by atoms with Crippen molar-refractivity contribution in [2.45, 2.75) is 18.9 Å². The lowest BCUT2D eigenvalue weighted by molar-refractivity contribution is 0.0915. The Labute approximate surface area is 159 Å². The van der Waals surface area contributed by atoms with Crippen molar-refractivity contribution in [3.05, 3.63) is 51.6 Å².